The monoisotopic (exact) mass is 315 g/mol. The number of ether oxygens (including phenoxy) is 1. The van der Waals surface area contributed by atoms with Crippen molar-refractivity contribution in [2.75, 3.05) is 5.73 Å². The lowest BCUT2D eigenvalue weighted by Crippen LogP contribution is -1.90. The van der Waals surface area contributed by atoms with E-state index in [1.807, 2.05) is 25.1 Å². The van der Waals surface area contributed by atoms with Gasteiger partial charge in [-0.05, 0) is 47.7 Å². The maximum atomic E-state index is 5.64. The van der Waals surface area contributed by atoms with E-state index in [4.69, 9.17) is 10.5 Å². The van der Waals surface area contributed by atoms with Gasteiger partial charge in [0, 0.05) is 17.4 Å². The van der Waals surface area contributed by atoms with E-state index in [0.29, 0.717) is 5.88 Å². The number of halogens is 1. The molecule has 0 aliphatic carbocycles. The summed E-state index contributed by atoms with van der Waals surface area (Å²) in [7, 11) is 0. The molecule has 2 rings (SSSR count). The fourth-order valence-corrected chi connectivity index (χ4v) is 1.81. The summed E-state index contributed by atoms with van der Waals surface area (Å²) in [6.07, 6.45) is 0. The number of rotatable bonds is 2. The van der Waals surface area contributed by atoms with E-state index in [0.717, 1.165) is 20.7 Å². The van der Waals surface area contributed by atoms with E-state index in [-0.39, 0.29) is 0 Å². The highest BCUT2D eigenvalue weighted by atomic mass is 127. The van der Waals surface area contributed by atoms with E-state index in [9.17, 15) is 0 Å². The van der Waals surface area contributed by atoms with Gasteiger partial charge in [0.05, 0.1) is 3.57 Å². The molecule has 1 heterocycles. The van der Waals surface area contributed by atoms with Crippen LogP contribution >= 0.6 is 22.6 Å². The van der Waals surface area contributed by atoms with Gasteiger partial charge in [0.15, 0.2) is 0 Å². The zero-order valence-electron chi connectivity index (χ0n) is 8.12. The van der Waals surface area contributed by atoms with E-state index < -0.39 is 0 Å². The fraction of sp³-hybridized carbons (Fsp3) is 0.100. The molecule has 0 aliphatic rings. The summed E-state index contributed by atoms with van der Waals surface area (Å²) >= 11 is 2.18. The number of aromatic amines is 1. The Balaban J connectivity index is 2.24. The molecule has 0 bridgehead atoms. The van der Waals surface area contributed by atoms with Gasteiger partial charge in [0.25, 0.3) is 0 Å². The number of benzene rings is 1. The first kappa shape index (κ1) is 10.3. The third-order valence-corrected chi connectivity index (χ3v) is 2.70. The third-order valence-electron chi connectivity index (χ3n) is 1.85. The lowest BCUT2D eigenvalue weighted by Gasteiger charge is -2.04. The number of anilines is 1. The number of nitrogen functional groups attached to an aromatic ring is 1. The Morgan fingerprint density at radius 2 is 2.20 bits per heavy atom. The summed E-state index contributed by atoms with van der Waals surface area (Å²) in [5.74, 6) is 1.33. The SMILES string of the molecule is Cc1cc(Oc2ccc(N)cc2I)n[nH]1. The molecule has 0 saturated heterocycles. The minimum atomic E-state index is 0.565. The maximum absolute atomic E-state index is 5.64. The van der Waals surface area contributed by atoms with Crippen molar-refractivity contribution in [2.24, 2.45) is 0 Å². The average molecular weight is 315 g/mol. The first-order valence-corrected chi connectivity index (χ1v) is 5.48. The Labute approximate surface area is 101 Å². The predicted octanol–water partition coefficient (Wildman–Crippen LogP) is 2.70. The first-order chi connectivity index (χ1) is 7.15. The lowest BCUT2D eigenvalue weighted by molar-refractivity contribution is 0.458. The molecule has 0 unspecified atom stereocenters. The highest BCUT2D eigenvalue weighted by Crippen LogP contribution is 2.27. The summed E-state index contributed by atoms with van der Waals surface area (Å²) < 4.78 is 6.55. The molecular weight excluding hydrogens is 305 g/mol. The highest BCUT2D eigenvalue weighted by Gasteiger charge is 2.04. The lowest BCUT2D eigenvalue weighted by atomic mass is 10.3. The van der Waals surface area contributed by atoms with Crippen molar-refractivity contribution in [3.8, 4) is 11.6 Å². The summed E-state index contributed by atoms with van der Waals surface area (Å²) in [6, 6.07) is 7.33. The van der Waals surface area contributed by atoms with E-state index in [2.05, 4.69) is 32.8 Å². The van der Waals surface area contributed by atoms with Gasteiger partial charge in [-0.2, -0.15) is 0 Å². The molecule has 0 fully saturated rings. The van der Waals surface area contributed by atoms with Gasteiger partial charge in [0.2, 0.25) is 5.88 Å². The molecule has 2 aromatic rings. The van der Waals surface area contributed by atoms with Crippen LogP contribution in [0.1, 0.15) is 5.69 Å². The van der Waals surface area contributed by atoms with Crippen molar-refractivity contribution in [1.82, 2.24) is 10.2 Å². The minimum Gasteiger partial charge on any atom is -0.436 e. The number of nitrogens with two attached hydrogens (primary N) is 1. The number of nitrogens with one attached hydrogen (secondary N) is 1. The Kier molecular flexibility index (Phi) is 2.81. The van der Waals surface area contributed by atoms with Crippen molar-refractivity contribution < 1.29 is 4.74 Å². The quantitative estimate of drug-likeness (QED) is 0.661. The van der Waals surface area contributed by atoms with Gasteiger partial charge in [-0.15, -0.1) is 5.10 Å². The highest BCUT2D eigenvalue weighted by molar-refractivity contribution is 14.1. The molecule has 78 valence electrons. The van der Waals surface area contributed by atoms with Gasteiger partial charge in [-0.25, -0.2) is 0 Å². The first-order valence-electron chi connectivity index (χ1n) is 4.40. The van der Waals surface area contributed by atoms with Crippen molar-refractivity contribution in [2.45, 2.75) is 6.92 Å². The third kappa shape index (κ3) is 2.41. The molecule has 0 radical (unpaired) electrons. The van der Waals surface area contributed by atoms with Crippen molar-refractivity contribution in [1.29, 1.82) is 0 Å². The minimum absolute atomic E-state index is 0.565. The number of aromatic nitrogens is 2. The average Bonchev–Trinajstić information content (AvgIpc) is 2.56. The van der Waals surface area contributed by atoms with Gasteiger partial charge >= 0.3 is 0 Å². The van der Waals surface area contributed by atoms with E-state index >= 15 is 0 Å². The largest absolute Gasteiger partial charge is 0.436 e. The van der Waals surface area contributed by atoms with Crippen molar-refractivity contribution in [3.63, 3.8) is 0 Å². The second-order valence-electron chi connectivity index (χ2n) is 3.18. The van der Waals surface area contributed by atoms with Crippen molar-refractivity contribution >= 4 is 28.3 Å². The number of aryl methyl sites for hydroxylation is 1. The van der Waals surface area contributed by atoms with Crippen LogP contribution in [0.4, 0.5) is 5.69 Å². The van der Waals surface area contributed by atoms with Crippen LogP contribution in [0.3, 0.4) is 0 Å². The molecule has 1 aromatic heterocycles. The molecule has 0 aliphatic heterocycles. The van der Waals surface area contributed by atoms with Gasteiger partial charge in [0.1, 0.15) is 5.75 Å². The standard InChI is InChI=1S/C10H10IN3O/c1-6-4-10(14-13-6)15-9-3-2-7(12)5-8(9)11/h2-5H,12H2,1H3,(H,13,14). The molecule has 0 atom stereocenters. The van der Waals surface area contributed by atoms with Crippen LogP contribution in [0.5, 0.6) is 11.6 Å². The topological polar surface area (TPSA) is 63.9 Å². The molecule has 1 aromatic carbocycles. The Morgan fingerprint density at radius 1 is 1.40 bits per heavy atom. The maximum Gasteiger partial charge on any atom is 0.238 e. The Morgan fingerprint density at radius 3 is 2.80 bits per heavy atom. The zero-order valence-corrected chi connectivity index (χ0v) is 10.3. The van der Waals surface area contributed by atoms with Gasteiger partial charge in [-0.3, -0.25) is 5.10 Å². The van der Waals surface area contributed by atoms with Crippen molar-refractivity contribution in [3.05, 3.63) is 33.5 Å². The van der Waals surface area contributed by atoms with Crippen LogP contribution in [0.15, 0.2) is 24.3 Å². The normalized spacial score (nSPS) is 10.3. The predicted molar refractivity (Wildman–Crippen MR) is 67.0 cm³/mol. The summed E-state index contributed by atoms with van der Waals surface area (Å²) in [5.41, 5.74) is 7.34. The van der Waals surface area contributed by atoms with E-state index in [1.54, 1.807) is 6.07 Å². The van der Waals surface area contributed by atoms with Crippen LogP contribution in [-0.4, -0.2) is 10.2 Å². The molecule has 4 nitrogen and oxygen atoms in total. The number of nitrogens with zero attached hydrogens (tertiary/aromatic N) is 1. The molecule has 5 heteroatoms. The second-order valence-corrected chi connectivity index (χ2v) is 4.34. The molecule has 3 N–H and O–H groups in total. The van der Waals surface area contributed by atoms with Gasteiger partial charge < -0.3 is 10.5 Å². The molecule has 0 amide bonds. The van der Waals surface area contributed by atoms with Crippen LogP contribution in [0.2, 0.25) is 0 Å². The Hall–Kier alpha value is -1.24. The molecule has 0 saturated carbocycles. The molecule has 15 heavy (non-hydrogen) atoms. The van der Waals surface area contributed by atoms with Crippen LogP contribution < -0.4 is 10.5 Å². The second kappa shape index (κ2) is 4.09. The zero-order chi connectivity index (χ0) is 10.8. The van der Waals surface area contributed by atoms with Crippen LogP contribution in [0, 0.1) is 10.5 Å². The van der Waals surface area contributed by atoms with Crippen LogP contribution in [-0.2, 0) is 0 Å². The summed E-state index contributed by atoms with van der Waals surface area (Å²) in [4.78, 5) is 0. The van der Waals surface area contributed by atoms with E-state index in [1.165, 1.54) is 0 Å². The smallest absolute Gasteiger partial charge is 0.238 e. The Bertz CT molecular complexity index is 481. The molecule has 0 spiro atoms. The number of hydrogen-bond donors (Lipinski definition) is 2. The molecular formula is C10H10IN3O. The van der Waals surface area contributed by atoms with Gasteiger partial charge in [-0.1, -0.05) is 0 Å². The summed E-state index contributed by atoms with van der Waals surface area (Å²) in [6.45, 7) is 1.92. The number of H-pyrrole nitrogens is 1. The fourth-order valence-electron chi connectivity index (χ4n) is 1.16. The van der Waals surface area contributed by atoms with Crippen LogP contribution in [0.25, 0.3) is 0 Å². The summed E-state index contributed by atoms with van der Waals surface area (Å²) in [5, 5.41) is 6.81. The number of hydrogen-bond acceptors (Lipinski definition) is 3.